The molecule has 0 amide bonds. The highest BCUT2D eigenvalue weighted by molar-refractivity contribution is 5.84. The summed E-state index contributed by atoms with van der Waals surface area (Å²) < 4.78 is 13.2. The predicted octanol–water partition coefficient (Wildman–Crippen LogP) is 10.7. The lowest BCUT2D eigenvalue weighted by atomic mass is 9.89. The smallest absolute Gasteiger partial charge is 0.190 e. The highest BCUT2D eigenvalue weighted by Gasteiger charge is 2.42. The van der Waals surface area contributed by atoms with Crippen molar-refractivity contribution in [3.63, 3.8) is 0 Å². The Morgan fingerprint density at radius 3 is 1.73 bits per heavy atom. The summed E-state index contributed by atoms with van der Waals surface area (Å²) in [5, 5.41) is 0. The van der Waals surface area contributed by atoms with Crippen molar-refractivity contribution in [2.75, 3.05) is 4.90 Å². The van der Waals surface area contributed by atoms with Crippen LogP contribution < -0.4 is 14.4 Å². The molecule has 2 aliphatic heterocycles. The van der Waals surface area contributed by atoms with Crippen LogP contribution >= 0.6 is 0 Å². The second kappa shape index (κ2) is 12.0. The third-order valence-corrected chi connectivity index (χ3v) is 9.66. The SMILES string of the molecule is C1=C2Oc3ccccc3OC2=C2C(C1)c1cc(-c3ccccc3)ccc1N2c1cccc(-c2nc(-c3ccccc3)nc(-c3ccccc3)n2)c1. The molecule has 0 fully saturated rings. The summed E-state index contributed by atoms with van der Waals surface area (Å²) in [6.45, 7) is 0. The van der Waals surface area contributed by atoms with E-state index in [1.54, 1.807) is 0 Å². The van der Waals surface area contributed by atoms with E-state index >= 15 is 0 Å². The number of allylic oxidation sites excluding steroid dienone is 2. The van der Waals surface area contributed by atoms with Gasteiger partial charge >= 0.3 is 0 Å². The Hall–Kier alpha value is -6.79. The summed E-state index contributed by atoms with van der Waals surface area (Å²) in [4.78, 5) is 17.3. The molecule has 0 spiro atoms. The van der Waals surface area contributed by atoms with Gasteiger partial charge < -0.3 is 14.4 Å². The number of hydrogen-bond acceptors (Lipinski definition) is 6. The van der Waals surface area contributed by atoms with Crippen LogP contribution in [0.1, 0.15) is 17.9 Å². The van der Waals surface area contributed by atoms with E-state index in [-0.39, 0.29) is 5.92 Å². The van der Waals surface area contributed by atoms with Crippen molar-refractivity contribution < 1.29 is 9.47 Å². The molecule has 6 heteroatoms. The van der Waals surface area contributed by atoms with E-state index in [0.717, 1.165) is 57.5 Å². The van der Waals surface area contributed by atoms with E-state index in [0.29, 0.717) is 23.2 Å². The van der Waals surface area contributed by atoms with Crippen molar-refractivity contribution in [1.29, 1.82) is 0 Å². The summed E-state index contributed by atoms with van der Waals surface area (Å²) in [6.07, 6.45) is 2.95. The normalized spacial score (nSPS) is 15.5. The fourth-order valence-corrected chi connectivity index (χ4v) is 7.26. The molecule has 1 aromatic heterocycles. The van der Waals surface area contributed by atoms with Crippen molar-refractivity contribution in [2.24, 2.45) is 0 Å². The number of ether oxygens (including phenoxy) is 2. The van der Waals surface area contributed by atoms with Gasteiger partial charge in [-0.25, -0.2) is 15.0 Å². The van der Waals surface area contributed by atoms with E-state index < -0.39 is 0 Å². The second-order valence-corrected chi connectivity index (χ2v) is 12.8. The number of aromatic nitrogens is 3. The maximum atomic E-state index is 6.70. The fraction of sp³-hybridized carbons (Fsp3) is 0.0444. The predicted molar refractivity (Wildman–Crippen MR) is 200 cm³/mol. The lowest BCUT2D eigenvalue weighted by molar-refractivity contribution is 0.282. The molecule has 6 aromatic carbocycles. The Morgan fingerprint density at radius 1 is 0.490 bits per heavy atom. The average molecular weight is 659 g/mol. The van der Waals surface area contributed by atoms with Gasteiger partial charge in [-0.15, -0.1) is 0 Å². The van der Waals surface area contributed by atoms with Crippen LogP contribution in [0.4, 0.5) is 11.4 Å². The van der Waals surface area contributed by atoms with Crippen molar-refractivity contribution in [2.45, 2.75) is 12.3 Å². The van der Waals surface area contributed by atoms with Crippen LogP contribution in [0.15, 0.2) is 181 Å². The van der Waals surface area contributed by atoms with Crippen LogP contribution in [-0.4, -0.2) is 15.0 Å². The van der Waals surface area contributed by atoms with Gasteiger partial charge in [-0.1, -0.05) is 121 Å². The molecule has 1 unspecified atom stereocenters. The number of rotatable bonds is 5. The van der Waals surface area contributed by atoms with E-state index in [9.17, 15) is 0 Å². The molecule has 0 saturated heterocycles. The summed E-state index contributed by atoms with van der Waals surface area (Å²) in [6, 6.07) is 53.7. The molecule has 242 valence electrons. The minimum absolute atomic E-state index is 0.0754. The largest absolute Gasteiger partial charge is 0.450 e. The number of nitrogens with zero attached hydrogens (tertiary/aromatic N) is 4. The molecule has 1 atom stereocenters. The number of para-hydroxylation sites is 2. The van der Waals surface area contributed by atoms with Gasteiger partial charge in [0.15, 0.2) is 40.5 Å². The van der Waals surface area contributed by atoms with Gasteiger partial charge in [-0.2, -0.15) is 0 Å². The van der Waals surface area contributed by atoms with Crippen LogP contribution in [-0.2, 0) is 0 Å². The van der Waals surface area contributed by atoms with E-state index in [1.165, 1.54) is 16.7 Å². The number of fused-ring (bicyclic) bond motifs is 5. The molecule has 51 heavy (non-hydrogen) atoms. The molecule has 10 rings (SSSR count). The maximum Gasteiger partial charge on any atom is 0.190 e. The summed E-state index contributed by atoms with van der Waals surface area (Å²) in [5.74, 6) is 4.85. The van der Waals surface area contributed by atoms with Gasteiger partial charge in [0, 0.05) is 34.0 Å². The average Bonchev–Trinajstić information content (AvgIpc) is 3.55. The highest BCUT2D eigenvalue weighted by atomic mass is 16.6. The zero-order valence-electron chi connectivity index (χ0n) is 27.5. The van der Waals surface area contributed by atoms with Crippen LogP contribution in [0.25, 0.3) is 45.3 Å². The molecular weight excluding hydrogens is 629 g/mol. The van der Waals surface area contributed by atoms with E-state index in [4.69, 9.17) is 24.4 Å². The zero-order chi connectivity index (χ0) is 33.7. The second-order valence-electron chi connectivity index (χ2n) is 12.8. The van der Waals surface area contributed by atoms with Crippen LogP contribution in [0.5, 0.6) is 11.5 Å². The van der Waals surface area contributed by atoms with Gasteiger partial charge in [0.2, 0.25) is 0 Å². The van der Waals surface area contributed by atoms with Gasteiger partial charge in [-0.3, -0.25) is 0 Å². The van der Waals surface area contributed by atoms with Gasteiger partial charge in [-0.05, 0) is 65.6 Å². The number of anilines is 2. The highest BCUT2D eigenvalue weighted by Crippen LogP contribution is 2.55. The maximum absolute atomic E-state index is 6.70. The Kier molecular flexibility index (Phi) is 6.84. The lowest BCUT2D eigenvalue weighted by Gasteiger charge is -2.32. The first-order valence-electron chi connectivity index (χ1n) is 17.1. The van der Waals surface area contributed by atoms with Gasteiger partial charge in [0.25, 0.3) is 0 Å². The Balaban J connectivity index is 1.14. The molecule has 0 N–H and O–H groups in total. The van der Waals surface area contributed by atoms with Crippen LogP contribution in [0.2, 0.25) is 0 Å². The molecule has 7 aromatic rings. The minimum atomic E-state index is 0.0754. The summed E-state index contributed by atoms with van der Waals surface area (Å²) >= 11 is 0. The van der Waals surface area contributed by atoms with Crippen LogP contribution in [0, 0.1) is 0 Å². The van der Waals surface area contributed by atoms with E-state index in [1.807, 2.05) is 84.9 Å². The molecule has 0 radical (unpaired) electrons. The van der Waals surface area contributed by atoms with Crippen molar-refractivity contribution in [1.82, 2.24) is 15.0 Å². The van der Waals surface area contributed by atoms with Crippen molar-refractivity contribution >= 4 is 11.4 Å². The third-order valence-electron chi connectivity index (χ3n) is 9.66. The molecule has 3 aliphatic rings. The topological polar surface area (TPSA) is 60.4 Å². The molecular formula is C45H30N4O2. The molecule has 0 bridgehead atoms. The first-order valence-corrected chi connectivity index (χ1v) is 17.1. The first kappa shape index (κ1) is 29.2. The summed E-state index contributed by atoms with van der Waals surface area (Å²) in [5.41, 5.74) is 9.53. The Bertz CT molecular complexity index is 2450. The first-order chi connectivity index (χ1) is 25.3. The number of benzene rings is 6. The minimum Gasteiger partial charge on any atom is -0.450 e. The molecule has 6 nitrogen and oxygen atoms in total. The van der Waals surface area contributed by atoms with Crippen LogP contribution in [0.3, 0.4) is 0 Å². The van der Waals surface area contributed by atoms with Gasteiger partial charge in [0.1, 0.15) is 0 Å². The monoisotopic (exact) mass is 658 g/mol. The quantitative estimate of drug-likeness (QED) is 0.183. The van der Waals surface area contributed by atoms with Crippen molar-refractivity contribution in [3.8, 4) is 56.8 Å². The third kappa shape index (κ3) is 5.08. The van der Waals surface area contributed by atoms with E-state index in [2.05, 4.69) is 83.8 Å². The standard InChI is InChI=1S/C45H30N4O2/c1-4-13-29(14-5-1)32-23-25-37-36(28-32)35-24-26-40-42(51-39-22-11-10-21-38(39)50-40)41(35)49(37)34-20-12-19-33(27-34)45-47-43(30-15-6-2-7-16-30)46-44(48-45)31-17-8-3-9-18-31/h1-23,25-28,35H,24H2. The molecule has 0 saturated carbocycles. The lowest BCUT2D eigenvalue weighted by Crippen LogP contribution is -2.25. The van der Waals surface area contributed by atoms with Gasteiger partial charge in [0.05, 0.1) is 5.70 Å². The van der Waals surface area contributed by atoms with Crippen molar-refractivity contribution in [3.05, 3.63) is 187 Å². The molecule has 1 aliphatic carbocycles. The Labute approximate surface area is 295 Å². The fourth-order valence-electron chi connectivity index (χ4n) is 7.26. The molecule has 3 heterocycles. The zero-order valence-corrected chi connectivity index (χ0v) is 27.5. The number of hydrogen-bond donors (Lipinski definition) is 0. The summed E-state index contributed by atoms with van der Waals surface area (Å²) in [7, 11) is 0. The Morgan fingerprint density at radius 2 is 1.06 bits per heavy atom.